The van der Waals surface area contributed by atoms with Crippen molar-refractivity contribution in [2.45, 2.75) is 30.1 Å². The van der Waals surface area contributed by atoms with Gasteiger partial charge in [-0.3, -0.25) is 0 Å². The highest BCUT2D eigenvalue weighted by molar-refractivity contribution is 8.04. The van der Waals surface area contributed by atoms with Crippen LogP contribution in [0, 0.1) is 5.92 Å². The maximum atomic E-state index is 6.40. The van der Waals surface area contributed by atoms with Crippen molar-refractivity contribution in [3.8, 4) is 0 Å². The number of ether oxygens (including phenoxy) is 1. The lowest BCUT2D eigenvalue weighted by Crippen LogP contribution is -2.80. The van der Waals surface area contributed by atoms with Gasteiger partial charge in [-0.05, 0) is 27.0 Å². The average molecular weight is 481 g/mol. The van der Waals surface area contributed by atoms with E-state index in [0.717, 1.165) is 13.0 Å². The molecule has 1 fully saturated rings. The van der Waals surface area contributed by atoms with Crippen molar-refractivity contribution in [2.75, 3.05) is 6.61 Å². The fraction of sp³-hybridized carbons (Fsp3) is 0.226. The van der Waals surface area contributed by atoms with Crippen molar-refractivity contribution in [1.29, 1.82) is 0 Å². The minimum absolute atomic E-state index is 0.0695. The Morgan fingerprint density at radius 2 is 1.09 bits per heavy atom. The van der Waals surface area contributed by atoms with E-state index in [1.165, 1.54) is 21.1 Å². The molecule has 0 aliphatic carbocycles. The first-order valence-electron chi connectivity index (χ1n) is 12.2. The van der Waals surface area contributed by atoms with Crippen molar-refractivity contribution in [1.82, 2.24) is 0 Å². The number of benzene rings is 4. The van der Waals surface area contributed by atoms with Gasteiger partial charge in [0.2, 0.25) is 0 Å². The largest absolute Gasteiger partial charge is 0.367 e. The minimum Gasteiger partial charge on any atom is -0.367 e. The van der Waals surface area contributed by atoms with Gasteiger partial charge in [-0.1, -0.05) is 135 Å². The fourth-order valence-corrected chi connectivity index (χ4v) is 14.5. The smallest absolute Gasteiger partial charge is 0.168 e. The maximum Gasteiger partial charge on any atom is 0.168 e. The van der Waals surface area contributed by atoms with Crippen LogP contribution in [0.4, 0.5) is 0 Å². The maximum absolute atomic E-state index is 6.40. The molecule has 172 valence electrons. The summed E-state index contributed by atoms with van der Waals surface area (Å²) >= 11 is 2.05. The zero-order valence-electron chi connectivity index (χ0n) is 19.9. The van der Waals surface area contributed by atoms with E-state index in [1.54, 1.807) is 0 Å². The second-order valence-corrected chi connectivity index (χ2v) is 15.4. The average Bonchev–Trinajstić information content (AvgIpc) is 2.87. The van der Waals surface area contributed by atoms with Crippen molar-refractivity contribution < 1.29 is 4.74 Å². The lowest BCUT2D eigenvalue weighted by Gasteiger charge is -2.58. The Hall–Kier alpha value is -2.59. The highest BCUT2D eigenvalue weighted by Crippen LogP contribution is 2.59. The van der Waals surface area contributed by atoms with Gasteiger partial charge >= 0.3 is 0 Å². The van der Waals surface area contributed by atoms with E-state index in [9.17, 15) is 0 Å². The Morgan fingerprint density at radius 1 is 0.706 bits per heavy atom. The summed E-state index contributed by atoms with van der Waals surface area (Å²) < 4.78 is 6.33. The lowest BCUT2D eigenvalue weighted by atomic mass is 10.1. The molecule has 0 unspecified atom stereocenters. The van der Waals surface area contributed by atoms with Gasteiger partial charge in [-0.15, -0.1) is 11.8 Å². The molecule has 0 bridgehead atoms. The molecule has 4 aromatic rings. The minimum atomic E-state index is -2.55. The number of rotatable bonds is 8. The van der Waals surface area contributed by atoms with Crippen LogP contribution in [0.25, 0.3) is 0 Å². The highest BCUT2D eigenvalue weighted by Gasteiger charge is 2.64. The summed E-state index contributed by atoms with van der Waals surface area (Å²) in [6, 6.07) is 45.0. The van der Waals surface area contributed by atoms with E-state index in [-0.39, 0.29) is 9.81 Å². The van der Waals surface area contributed by atoms with Crippen LogP contribution >= 0.6 is 11.8 Å². The van der Waals surface area contributed by atoms with E-state index in [2.05, 4.69) is 135 Å². The topological polar surface area (TPSA) is 9.23 Å². The molecule has 1 aliphatic heterocycles. The SMILES string of the molecule is CC(C)CO[C@H]1C[C@@](c2ccccc2)([Si](c2ccccc2)(c2ccccc2)c2ccccc2)S1. The van der Waals surface area contributed by atoms with Crippen molar-refractivity contribution in [3.63, 3.8) is 0 Å². The predicted octanol–water partition coefficient (Wildman–Crippen LogP) is 5.73. The standard InChI is InChI=1S/C31H32OSSi/c1-25(2)24-32-30-23-31(33-30,26-15-7-3-8-16-26)34(27-17-9-4-10-18-27,28-19-11-5-12-20-28)29-21-13-6-14-22-29/h3-22,25,30H,23-24H2,1-2H3/t30-,31+/m1/s1. The molecule has 1 aliphatic rings. The molecule has 0 radical (unpaired) electrons. The molecule has 0 amide bonds. The third-order valence-electron chi connectivity index (χ3n) is 6.87. The number of hydrogen-bond donors (Lipinski definition) is 0. The van der Waals surface area contributed by atoms with Gasteiger partial charge in [0.1, 0.15) is 5.44 Å². The van der Waals surface area contributed by atoms with Crippen LogP contribution in [0.2, 0.25) is 0 Å². The van der Waals surface area contributed by atoms with Gasteiger partial charge < -0.3 is 4.74 Å². The summed E-state index contributed by atoms with van der Waals surface area (Å²) in [4.78, 5) is 0. The van der Waals surface area contributed by atoms with Gasteiger partial charge in [0.15, 0.2) is 8.07 Å². The molecule has 0 N–H and O–H groups in total. The quantitative estimate of drug-likeness (QED) is 0.235. The summed E-state index contributed by atoms with van der Waals surface area (Å²) in [5.74, 6) is 0.534. The molecule has 0 saturated carbocycles. The Kier molecular flexibility index (Phi) is 6.78. The summed E-state index contributed by atoms with van der Waals surface area (Å²) in [5, 5.41) is 4.35. The molecule has 0 aromatic heterocycles. The van der Waals surface area contributed by atoms with Gasteiger partial charge in [0.05, 0.1) is 11.0 Å². The van der Waals surface area contributed by atoms with E-state index in [0.29, 0.717) is 5.92 Å². The monoisotopic (exact) mass is 480 g/mol. The molecule has 3 heteroatoms. The summed E-state index contributed by atoms with van der Waals surface area (Å²) in [5.41, 5.74) is 1.62. The number of thioether (sulfide) groups is 1. The van der Waals surface area contributed by atoms with Crippen molar-refractivity contribution >= 4 is 35.4 Å². The first-order valence-corrected chi connectivity index (χ1v) is 15.1. The van der Waals surface area contributed by atoms with Crippen molar-refractivity contribution in [2.24, 2.45) is 5.92 Å². The second-order valence-electron chi connectivity index (χ2n) is 9.52. The summed E-state index contributed by atoms with van der Waals surface area (Å²) in [6.45, 7) is 5.26. The van der Waals surface area contributed by atoms with Gasteiger partial charge in [-0.25, -0.2) is 0 Å². The zero-order valence-corrected chi connectivity index (χ0v) is 21.7. The molecule has 34 heavy (non-hydrogen) atoms. The van der Waals surface area contributed by atoms with E-state index < -0.39 is 8.07 Å². The van der Waals surface area contributed by atoms with E-state index >= 15 is 0 Å². The van der Waals surface area contributed by atoms with Gasteiger partial charge in [0.25, 0.3) is 0 Å². The van der Waals surface area contributed by atoms with E-state index in [1.807, 2.05) is 11.8 Å². The van der Waals surface area contributed by atoms with Crippen LogP contribution in [-0.4, -0.2) is 20.1 Å². The predicted molar refractivity (Wildman–Crippen MR) is 149 cm³/mol. The molecular formula is C31H32OSSi. The first kappa shape index (κ1) is 23.2. The third-order valence-corrected chi connectivity index (χ3v) is 14.8. The van der Waals surface area contributed by atoms with Gasteiger partial charge in [-0.2, -0.15) is 0 Å². The normalized spacial score (nSPS) is 20.1. The first-order chi connectivity index (χ1) is 16.7. The molecule has 5 rings (SSSR count). The Balaban J connectivity index is 1.79. The molecule has 1 nitrogen and oxygen atoms in total. The van der Waals surface area contributed by atoms with Crippen LogP contribution in [0.3, 0.4) is 0 Å². The van der Waals surface area contributed by atoms with Crippen LogP contribution in [0.5, 0.6) is 0 Å². The van der Waals surface area contributed by atoms with Crippen LogP contribution in [0.15, 0.2) is 121 Å². The Morgan fingerprint density at radius 3 is 1.47 bits per heavy atom. The molecule has 0 spiro atoms. The van der Waals surface area contributed by atoms with Crippen LogP contribution in [0.1, 0.15) is 25.8 Å². The van der Waals surface area contributed by atoms with Crippen molar-refractivity contribution in [3.05, 3.63) is 127 Å². The molecule has 2 atom stereocenters. The second kappa shape index (κ2) is 9.95. The third kappa shape index (κ3) is 3.96. The fourth-order valence-electron chi connectivity index (χ4n) is 5.46. The lowest BCUT2D eigenvalue weighted by molar-refractivity contribution is 0.0705. The Bertz CT molecular complexity index is 1080. The number of hydrogen-bond acceptors (Lipinski definition) is 2. The molecule has 1 heterocycles. The summed E-state index contributed by atoms with van der Waals surface area (Å²) in [6.07, 6.45) is 1.01. The summed E-state index contributed by atoms with van der Waals surface area (Å²) in [7, 11) is -2.55. The van der Waals surface area contributed by atoms with Crippen LogP contribution in [-0.2, 0) is 9.11 Å². The zero-order chi connectivity index (χ0) is 23.4. The Labute approximate surface area is 209 Å². The molecular weight excluding hydrogens is 448 g/mol. The van der Waals surface area contributed by atoms with Crippen LogP contribution < -0.4 is 15.6 Å². The molecule has 1 saturated heterocycles. The van der Waals surface area contributed by atoms with E-state index in [4.69, 9.17) is 4.74 Å². The molecule has 4 aromatic carbocycles. The van der Waals surface area contributed by atoms with Gasteiger partial charge in [0, 0.05) is 6.42 Å². The highest BCUT2D eigenvalue weighted by atomic mass is 32.2.